The molecule has 1 nitrogen and oxygen atoms in total. The number of hydrogen-bond donors (Lipinski definition) is 1. The summed E-state index contributed by atoms with van der Waals surface area (Å²) in [5, 5.41) is 3.75. The molecule has 0 aromatic rings. The predicted molar refractivity (Wildman–Crippen MR) is 93.5 cm³/mol. The fourth-order valence-corrected chi connectivity index (χ4v) is 3.94. The Bertz CT molecular complexity index is 322. The normalized spacial score (nSPS) is 29.6. The Morgan fingerprint density at radius 2 is 1.57 bits per heavy atom. The highest BCUT2D eigenvalue weighted by atomic mass is 14.9. The highest BCUT2D eigenvalue weighted by molar-refractivity contribution is 5.12. The zero-order valence-electron chi connectivity index (χ0n) is 14.9. The van der Waals surface area contributed by atoms with Crippen LogP contribution in [0.15, 0.2) is 11.6 Å². The van der Waals surface area contributed by atoms with Crippen molar-refractivity contribution in [3.63, 3.8) is 0 Å². The van der Waals surface area contributed by atoms with Gasteiger partial charge in [-0.2, -0.15) is 0 Å². The summed E-state index contributed by atoms with van der Waals surface area (Å²) in [5.74, 6) is 2.69. The van der Waals surface area contributed by atoms with Crippen molar-refractivity contribution in [1.29, 1.82) is 0 Å². The topological polar surface area (TPSA) is 12.0 Å². The molecule has 0 unspecified atom stereocenters. The SMILES string of the molecule is CC1CCC(/C=C(/CNC(C)(C)C)C2CCCCC2)CC1. The molecular formula is C20H37N. The first-order chi connectivity index (χ1) is 9.94. The maximum absolute atomic E-state index is 3.75. The van der Waals surface area contributed by atoms with Crippen LogP contribution in [0.1, 0.15) is 85.5 Å². The third-order valence-electron chi connectivity index (χ3n) is 5.46. The van der Waals surface area contributed by atoms with Crippen LogP contribution in [-0.4, -0.2) is 12.1 Å². The van der Waals surface area contributed by atoms with Gasteiger partial charge in [0, 0.05) is 12.1 Å². The average Bonchev–Trinajstić information content (AvgIpc) is 2.45. The van der Waals surface area contributed by atoms with Gasteiger partial charge in [-0.3, -0.25) is 0 Å². The van der Waals surface area contributed by atoms with E-state index in [0.717, 1.165) is 24.3 Å². The molecule has 0 bridgehead atoms. The van der Waals surface area contributed by atoms with Crippen LogP contribution in [0.4, 0.5) is 0 Å². The van der Waals surface area contributed by atoms with Gasteiger partial charge in [-0.15, -0.1) is 0 Å². The summed E-state index contributed by atoms with van der Waals surface area (Å²) >= 11 is 0. The standard InChI is InChI=1S/C20H37N/c1-16-10-12-17(13-11-16)14-19(15-21-20(2,3)4)18-8-6-5-7-9-18/h14,16-18,21H,5-13,15H2,1-4H3/b19-14-. The lowest BCUT2D eigenvalue weighted by atomic mass is 9.78. The first kappa shape index (κ1) is 17.1. The molecule has 0 heterocycles. The molecule has 2 rings (SSSR count). The van der Waals surface area contributed by atoms with Crippen LogP contribution < -0.4 is 5.32 Å². The molecule has 0 aromatic carbocycles. The van der Waals surface area contributed by atoms with Gasteiger partial charge in [0.05, 0.1) is 0 Å². The Kier molecular flexibility index (Phi) is 6.34. The Morgan fingerprint density at radius 1 is 0.952 bits per heavy atom. The van der Waals surface area contributed by atoms with Gasteiger partial charge in [0.1, 0.15) is 0 Å². The van der Waals surface area contributed by atoms with Crippen LogP contribution in [0, 0.1) is 17.8 Å². The maximum Gasteiger partial charge on any atom is 0.0172 e. The van der Waals surface area contributed by atoms with Gasteiger partial charge in [-0.25, -0.2) is 0 Å². The minimum Gasteiger partial charge on any atom is -0.308 e. The summed E-state index contributed by atoms with van der Waals surface area (Å²) in [4.78, 5) is 0. The van der Waals surface area contributed by atoms with Crippen LogP contribution in [0.5, 0.6) is 0 Å². The minimum absolute atomic E-state index is 0.231. The zero-order chi connectivity index (χ0) is 15.3. The quantitative estimate of drug-likeness (QED) is 0.654. The second kappa shape index (κ2) is 7.81. The van der Waals surface area contributed by atoms with Crippen molar-refractivity contribution in [2.75, 3.05) is 6.54 Å². The lowest BCUT2D eigenvalue weighted by Gasteiger charge is -2.31. The largest absolute Gasteiger partial charge is 0.308 e. The maximum atomic E-state index is 3.75. The average molecular weight is 292 g/mol. The van der Waals surface area contributed by atoms with Crippen molar-refractivity contribution in [3.8, 4) is 0 Å². The number of rotatable bonds is 4. The van der Waals surface area contributed by atoms with Gasteiger partial charge >= 0.3 is 0 Å². The van der Waals surface area contributed by atoms with Crippen molar-refractivity contribution >= 4 is 0 Å². The molecule has 2 fully saturated rings. The molecule has 2 aliphatic carbocycles. The van der Waals surface area contributed by atoms with E-state index in [9.17, 15) is 0 Å². The van der Waals surface area contributed by atoms with E-state index in [1.165, 1.54) is 57.8 Å². The van der Waals surface area contributed by atoms with Gasteiger partial charge in [-0.1, -0.05) is 50.7 Å². The molecular weight excluding hydrogens is 254 g/mol. The molecule has 21 heavy (non-hydrogen) atoms. The molecule has 1 heteroatoms. The van der Waals surface area contributed by atoms with Crippen molar-refractivity contribution in [3.05, 3.63) is 11.6 Å². The Balaban J connectivity index is 1.99. The van der Waals surface area contributed by atoms with Crippen LogP contribution in [0.2, 0.25) is 0 Å². The summed E-state index contributed by atoms with van der Waals surface area (Å²) < 4.78 is 0. The van der Waals surface area contributed by atoms with E-state index < -0.39 is 0 Å². The minimum atomic E-state index is 0.231. The Hall–Kier alpha value is -0.300. The lowest BCUT2D eigenvalue weighted by Crippen LogP contribution is -2.38. The first-order valence-electron chi connectivity index (χ1n) is 9.39. The second-order valence-corrected chi connectivity index (χ2v) is 8.70. The van der Waals surface area contributed by atoms with Crippen molar-refractivity contribution in [2.24, 2.45) is 17.8 Å². The molecule has 0 aliphatic heterocycles. The highest BCUT2D eigenvalue weighted by Gasteiger charge is 2.22. The zero-order valence-corrected chi connectivity index (χ0v) is 14.9. The fourth-order valence-electron chi connectivity index (χ4n) is 3.94. The fraction of sp³-hybridized carbons (Fsp3) is 0.900. The second-order valence-electron chi connectivity index (χ2n) is 8.70. The van der Waals surface area contributed by atoms with E-state index in [1.807, 2.05) is 0 Å². The third kappa shape index (κ3) is 6.14. The smallest absolute Gasteiger partial charge is 0.0172 e. The van der Waals surface area contributed by atoms with E-state index in [0.29, 0.717) is 0 Å². The van der Waals surface area contributed by atoms with Gasteiger partial charge in [0.15, 0.2) is 0 Å². The molecule has 0 spiro atoms. The predicted octanol–water partition coefficient (Wildman–Crippen LogP) is 5.71. The highest BCUT2D eigenvalue weighted by Crippen LogP contribution is 2.34. The number of nitrogens with one attached hydrogen (secondary N) is 1. The molecule has 0 aromatic heterocycles. The van der Waals surface area contributed by atoms with Crippen molar-refractivity contribution in [2.45, 2.75) is 91.0 Å². The monoisotopic (exact) mass is 291 g/mol. The molecule has 0 amide bonds. The van der Waals surface area contributed by atoms with Gasteiger partial charge < -0.3 is 5.32 Å². The van der Waals surface area contributed by atoms with Gasteiger partial charge in [0.2, 0.25) is 0 Å². The summed E-state index contributed by atoms with van der Waals surface area (Å²) in [5.41, 5.74) is 1.97. The number of allylic oxidation sites excluding steroid dienone is 1. The van der Waals surface area contributed by atoms with Crippen molar-refractivity contribution in [1.82, 2.24) is 5.32 Å². The molecule has 1 N–H and O–H groups in total. The van der Waals surface area contributed by atoms with E-state index in [2.05, 4.69) is 39.1 Å². The molecule has 122 valence electrons. The number of hydrogen-bond acceptors (Lipinski definition) is 1. The van der Waals surface area contributed by atoms with Gasteiger partial charge in [-0.05, 0) is 64.2 Å². The summed E-state index contributed by atoms with van der Waals surface area (Å²) in [6, 6.07) is 0. The van der Waals surface area contributed by atoms with Crippen LogP contribution in [-0.2, 0) is 0 Å². The summed E-state index contributed by atoms with van der Waals surface area (Å²) in [6.07, 6.45) is 15.6. The van der Waals surface area contributed by atoms with E-state index in [-0.39, 0.29) is 5.54 Å². The molecule has 0 saturated heterocycles. The van der Waals surface area contributed by atoms with Crippen LogP contribution in [0.3, 0.4) is 0 Å². The molecule has 0 radical (unpaired) electrons. The Morgan fingerprint density at radius 3 is 2.14 bits per heavy atom. The van der Waals surface area contributed by atoms with Crippen LogP contribution >= 0.6 is 0 Å². The van der Waals surface area contributed by atoms with E-state index in [4.69, 9.17) is 0 Å². The first-order valence-corrected chi connectivity index (χ1v) is 9.39. The molecule has 0 atom stereocenters. The molecule has 2 aliphatic rings. The lowest BCUT2D eigenvalue weighted by molar-refractivity contribution is 0.323. The van der Waals surface area contributed by atoms with E-state index >= 15 is 0 Å². The van der Waals surface area contributed by atoms with E-state index in [1.54, 1.807) is 5.57 Å². The third-order valence-corrected chi connectivity index (χ3v) is 5.46. The summed E-state index contributed by atoms with van der Waals surface area (Å²) in [7, 11) is 0. The van der Waals surface area contributed by atoms with Crippen LogP contribution in [0.25, 0.3) is 0 Å². The summed E-state index contributed by atoms with van der Waals surface area (Å²) in [6.45, 7) is 10.4. The van der Waals surface area contributed by atoms with Gasteiger partial charge in [0.25, 0.3) is 0 Å². The Labute approximate surface area is 133 Å². The van der Waals surface area contributed by atoms with Crippen molar-refractivity contribution < 1.29 is 0 Å². The molecule has 2 saturated carbocycles.